The molecule has 2 aromatic carbocycles. The van der Waals surface area contributed by atoms with Gasteiger partial charge in [-0.2, -0.15) is 4.98 Å². The van der Waals surface area contributed by atoms with E-state index in [4.69, 9.17) is 14.1 Å². The summed E-state index contributed by atoms with van der Waals surface area (Å²) in [7, 11) is 1.64. The number of oxazole rings is 1. The molecule has 0 bridgehead atoms. The molecule has 1 unspecified atom stereocenters. The lowest BCUT2D eigenvalue weighted by molar-refractivity contribution is 0.184. The zero-order chi connectivity index (χ0) is 19.8. The Hall–Kier alpha value is -3.19. The van der Waals surface area contributed by atoms with E-state index in [1.54, 1.807) is 11.7 Å². The van der Waals surface area contributed by atoms with Crippen LogP contribution in [0.25, 0.3) is 22.0 Å². The van der Waals surface area contributed by atoms with E-state index < -0.39 is 0 Å². The number of ether oxygens (including phenoxy) is 1. The number of hydrogen-bond acceptors (Lipinski definition) is 6. The number of aromatic nitrogens is 3. The molecule has 0 N–H and O–H groups in total. The standard InChI is InChI=1S/C22H22N4O3/c1-28-14-13-26-20(23-16-8-3-2-7-15(16)21(26)27)18-10-6-12-25(18)22-24-17-9-4-5-11-19(17)29-22/h2-5,7-9,11,18H,6,10,12-14H2,1H3. The third-order valence-electron chi connectivity index (χ3n) is 5.49. The van der Waals surface area contributed by atoms with Gasteiger partial charge in [0, 0.05) is 13.7 Å². The van der Waals surface area contributed by atoms with Crippen LogP contribution in [0.1, 0.15) is 24.7 Å². The number of rotatable bonds is 5. The number of para-hydroxylation sites is 3. The average molecular weight is 390 g/mol. The number of nitrogens with zero attached hydrogens (tertiary/aromatic N) is 4. The molecule has 0 spiro atoms. The molecule has 2 aromatic heterocycles. The second-order valence-corrected chi connectivity index (χ2v) is 7.25. The van der Waals surface area contributed by atoms with Gasteiger partial charge >= 0.3 is 0 Å². The van der Waals surface area contributed by atoms with Gasteiger partial charge in [-0.05, 0) is 37.1 Å². The first-order valence-corrected chi connectivity index (χ1v) is 9.87. The lowest BCUT2D eigenvalue weighted by atomic mass is 10.1. The second-order valence-electron chi connectivity index (χ2n) is 7.25. The molecular formula is C22H22N4O3. The summed E-state index contributed by atoms with van der Waals surface area (Å²) in [5, 5.41) is 0.624. The number of hydrogen-bond donors (Lipinski definition) is 0. The van der Waals surface area contributed by atoms with Crippen LogP contribution >= 0.6 is 0 Å². The lowest BCUT2D eigenvalue weighted by Gasteiger charge is -2.25. The number of fused-ring (bicyclic) bond motifs is 2. The minimum absolute atomic E-state index is 0.0351. The topological polar surface area (TPSA) is 73.4 Å². The van der Waals surface area contributed by atoms with Crippen molar-refractivity contribution < 1.29 is 9.15 Å². The minimum atomic E-state index is -0.0720. The summed E-state index contributed by atoms with van der Waals surface area (Å²) in [6.45, 7) is 1.72. The van der Waals surface area contributed by atoms with Crippen molar-refractivity contribution in [1.29, 1.82) is 0 Å². The summed E-state index contributed by atoms with van der Waals surface area (Å²) in [4.78, 5) is 24.9. The van der Waals surface area contributed by atoms with Crippen molar-refractivity contribution in [2.45, 2.75) is 25.4 Å². The molecule has 1 aliphatic rings. The third-order valence-corrected chi connectivity index (χ3v) is 5.49. The fourth-order valence-corrected chi connectivity index (χ4v) is 4.09. The van der Waals surface area contributed by atoms with E-state index in [0.717, 1.165) is 36.3 Å². The van der Waals surface area contributed by atoms with Crippen LogP contribution in [0.4, 0.5) is 6.01 Å². The molecule has 0 radical (unpaired) electrons. The van der Waals surface area contributed by atoms with Gasteiger partial charge in [0.2, 0.25) is 0 Å². The van der Waals surface area contributed by atoms with Gasteiger partial charge in [-0.1, -0.05) is 24.3 Å². The van der Waals surface area contributed by atoms with Gasteiger partial charge in [-0.15, -0.1) is 0 Å². The molecule has 1 saturated heterocycles. The zero-order valence-corrected chi connectivity index (χ0v) is 16.2. The lowest BCUT2D eigenvalue weighted by Crippen LogP contribution is -2.33. The Labute approximate surface area is 167 Å². The summed E-state index contributed by atoms with van der Waals surface area (Å²) in [6, 6.07) is 15.7. The highest BCUT2D eigenvalue weighted by Crippen LogP contribution is 2.36. The molecule has 7 heteroatoms. The van der Waals surface area contributed by atoms with Gasteiger partial charge in [-0.3, -0.25) is 9.36 Å². The summed E-state index contributed by atoms with van der Waals surface area (Å²) in [5.74, 6) is 0.741. The fourth-order valence-electron chi connectivity index (χ4n) is 4.09. The van der Waals surface area contributed by atoms with Crippen molar-refractivity contribution in [2.24, 2.45) is 0 Å². The van der Waals surface area contributed by atoms with Crippen molar-refractivity contribution in [1.82, 2.24) is 14.5 Å². The van der Waals surface area contributed by atoms with Gasteiger partial charge < -0.3 is 14.1 Å². The molecule has 1 fully saturated rings. The molecule has 148 valence electrons. The molecular weight excluding hydrogens is 368 g/mol. The Morgan fingerprint density at radius 1 is 1.10 bits per heavy atom. The Morgan fingerprint density at radius 3 is 2.72 bits per heavy atom. The summed E-state index contributed by atoms with van der Waals surface area (Å²) >= 11 is 0. The maximum atomic E-state index is 13.2. The number of anilines is 1. The quantitative estimate of drug-likeness (QED) is 0.519. The molecule has 4 aromatic rings. The number of benzene rings is 2. The van der Waals surface area contributed by atoms with Gasteiger partial charge in [0.05, 0.1) is 30.1 Å². The van der Waals surface area contributed by atoms with Crippen LogP contribution in [0.15, 0.2) is 57.7 Å². The molecule has 5 rings (SSSR count). The molecule has 1 atom stereocenters. The van der Waals surface area contributed by atoms with Crippen LogP contribution in [-0.2, 0) is 11.3 Å². The third kappa shape index (κ3) is 3.07. The zero-order valence-electron chi connectivity index (χ0n) is 16.2. The smallest absolute Gasteiger partial charge is 0.299 e. The monoisotopic (exact) mass is 390 g/mol. The first kappa shape index (κ1) is 17.9. The van der Waals surface area contributed by atoms with Crippen molar-refractivity contribution in [3.8, 4) is 0 Å². The highest BCUT2D eigenvalue weighted by atomic mass is 16.5. The van der Waals surface area contributed by atoms with Gasteiger partial charge in [0.15, 0.2) is 5.58 Å². The first-order valence-electron chi connectivity index (χ1n) is 9.87. The Balaban J connectivity index is 1.63. The molecule has 29 heavy (non-hydrogen) atoms. The van der Waals surface area contributed by atoms with Gasteiger partial charge in [0.25, 0.3) is 11.6 Å². The average Bonchev–Trinajstić information content (AvgIpc) is 3.39. The largest absolute Gasteiger partial charge is 0.423 e. The van der Waals surface area contributed by atoms with Crippen LogP contribution in [0.2, 0.25) is 0 Å². The van der Waals surface area contributed by atoms with Crippen molar-refractivity contribution >= 4 is 28.0 Å². The maximum absolute atomic E-state index is 13.2. The van der Waals surface area contributed by atoms with Crippen LogP contribution in [0.3, 0.4) is 0 Å². The fraction of sp³-hybridized carbons (Fsp3) is 0.318. The van der Waals surface area contributed by atoms with Gasteiger partial charge in [-0.25, -0.2) is 4.98 Å². The van der Waals surface area contributed by atoms with E-state index in [1.165, 1.54) is 0 Å². The van der Waals surface area contributed by atoms with Gasteiger partial charge in [0.1, 0.15) is 11.3 Å². The van der Waals surface area contributed by atoms with Crippen molar-refractivity contribution in [3.63, 3.8) is 0 Å². The van der Waals surface area contributed by atoms with E-state index in [2.05, 4.69) is 9.88 Å². The Morgan fingerprint density at radius 2 is 1.90 bits per heavy atom. The molecule has 7 nitrogen and oxygen atoms in total. The number of methoxy groups -OCH3 is 1. The normalized spacial score (nSPS) is 16.9. The molecule has 0 amide bonds. The van der Waals surface area contributed by atoms with Crippen LogP contribution in [0.5, 0.6) is 0 Å². The highest BCUT2D eigenvalue weighted by Gasteiger charge is 2.33. The maximum Gasteiger partial charge on any atom is 0.299 e. The summed E-state index contributed by atoms with van der Waals surface area (Å²) < 4.78 is 13.0. The van der Waals surface area contributed by atoms with Crippen molar-refractivity contribution in [3.05, 3.63) is 64.7 Å². The minimum Gasteiger partial charge on any atom is -0.423 e. The highest BCUT2D eigenvalue weighted by molar-refractivity contribution is 5.77. The molecule has 0 aliphatic carbocycles. The predicted octanol–water partition coefficient (Wildman–Crippen LogP) is 3.53. The summed E-state index contributed by atoms with van der Waals surface area (Å²) in [6.07, 6.45) is 1.87. The van der Waals surface area contributed by atoms with Crippen molar-refractivity contribution in [2.75, 3.05) is 25.2 Å². The second kappa shape index (κ2) is 7.33. The van der Waals surface area contributed by atoms with E-state index in [9.17, 15) is 4.79 Å². The van der Waals surface area contributed by atoms with Crippen LogP contribution in [-0.4, -0.2) is 34.8 Å². The predicted molar refractivity (Wildman–Crippen MR) is 111 cm³/mol. The Bertz CT molecular complexity index is 1200. The first-order chi connectivity index (χ1) is 14.3. The van der Waals surface area contributed by atoms with E-state index >= 15 is 0 Å². The van der Waals surface area contributed by atoms with Crippen LogP contribution in [0, 0.1) is 0 Å². The summed E-state index contributed by atoms with van der Waals surface area (Å²) in [5.41, 5.74) is 2.27. The molecule has 1 aliphatic heterocycles. The van der Waals surface area contributed by atoms with E-state index in [0.29, 0.717) is 30.1 Å². The molecule has 3 heterocycles. The van der Waals surface area contributed by atoms with Crippen LogP contribution < -0.4 is 10.5 Å². The Kier molecular flexibility index (Phi) is 4.52. The SMILES string of the molecule is COCCn1c(C2CCCN2c2nc3ccccc3o2)nc2ccccc2c1=O. The van der Waals surface area contributed by atoms with E-state index in [1.807, 2.05) is 48.5 Å². The molecule has 0 saturated carbocycles. The van der Waals surface area contributed by atoms with E-state index in [-0.39, 0.29) is 11.6 Å².